The average Bonchev–Trinajstić information content (AvgIpc) is 2.19. The Hall–Kier alpha value is -0.770. The summed E-state index contributed by atoms with van der Waals surface area (Å²) in [6.45, 7) is 3.82. The molecule has 0 radical (unpaired) electrons. The van der Waals surface area contributed by atoms with Crippen molar-refractivity contribution < 1.29 is 0 Å². The molecule has 0 aromatic rings. The predicted molar refractivity (Wildman–Crippen MR) is 55.8 cm³/mol. The zero-order valence-corrected chi connectivity index (χ0v) is 8.18. The van der Waals surface area contributed by atoms with Crippen LogP contribution in [0.5, 0.6) is 0 Å². The summed E-state index contributed by atoms with van der Waals surface area (Å²) in [5.41, 5.74) is 5.40. The molecule has 0 atom stereocenters. The third-order valence-electron chi connectivity index (χ3n) is 2.07. The van der Waals surface area contributed by atoms with Crippen molar-refractivity contribution in [3.05, 3.63) is 0 Å². The molecular formula is C9H20N4. The van der Waals surface area contributed by atoms with E-state index in [4.69, 9.17) is 5.73 Å². The van der Waals surface area contributed by atoms with Crippen LogP contribution >= 0.6 is 0 Å². The number of nitrogens with one attached hydrogen (secondary N) is 2. The molecule has 4 N–H and O–H groups in total. The zero-order valence-electron chi connectivity index (χ0n) is 8.18. The van der Waals surface area contributed by atoms with Crippen molar-refractivity contribution >= 4 is 5.96 Å². The molecule has 0 aromatic heterocycles. The van der Waals surface area contributed by atoms with Crippen LogP contribution in [0.4, 0.5) is 0 Å². The number of hydrogen-bond acceptors (Lipinski definition) is 4. The van der Waals surface area contributed by atoms with Gasteiger partial charge in [-0.05, 0) is 25.8 Å². The molecule has 4 heteroatoms. The monoisotopic (exact) mass is 184 g/mol. The Morgan fingerprint density at radius 3 is 3.00 bits per heavy atom. The first-order valence-electron chi connectivity index (χ1n) is 5.16. The molecule has 0 saturated carbocycles. The van der Waals surface area contributed by atoms with Crippen LogP contribution in [0.15, 0.2) is 4.99 Å². The predicted octanol–water partition coefficient (Wildman–Crippen LogP) is 0.0543. The maximum Gasteiger partial charge on any atom is 0.191 e. The summed E-state index contributed by atoms with van der Waals surface area (Å²) in [5, 5.41) is 6.50. The van der Waals surface area contributed by atoms with E-state index in [2.05, 4.69) is 15.6 Å². The molecule has 0 amide bonds. The lowest BCUT2D eigenvalue weighted by Crippen LogP contribution is -2.41. The summed E-state index contributed by atoms with van der Waals surface area (Å²) in [6.07, 6.45) is 4.66. The minimum absolute atomic E-state index is 0.805. The summed E-state index contributed by atoms with van der Waals surface area (Å²) in [5.74, 6) is 0.971. The SMILES string of the molecule is NCCCCCNC1=NCCCN1. The average molecular weight is 184 g/mol. The van der Waals surface area contributed by atoms with Gasteiger partial charge in [-0.15, -0.1) is 0 Å². The molecule has 0 bridgehead atoms. The van der Waals surface area contributed by atoms with Crippen LogP contribution < -0.4 is 16.4 Å². The smallest absolute Gasteiger partial charge is 0.191 e. The van der Waals surface area contributed by atoms with Crippen molar-refractivity contribution in [1.29, 1.82) is 0 Å². The lowest BCUT2D eigenvalue weighted by atomic mass is 10.2. The molecule has 0 aromatic carbocycles. The minimum Gasteiger partial charge on any atom is -0.356 e. The van der Waals surface area contributed by atoms with Gasteiger partial charge in [0.15, 0.2) is 5.96 Å². The second-order valence-corrected chi connectivity index (χ2v) is 3.29. The van der Waals surface area contributed by atoms with E-state index in [1.165, 1.54) is 12.8 Å². The van der Waals surface area contributed by atoms with Gasteiger partial charge in [-0.1, -0.05) is 6.42 Å². The molecule has 4 nitrogen and oxygen atoms in total. The van der Waals surface area contributed by atoms with Crippen molar-refractivity contribution in [3.63, 3.8) is 0 Å². The molecule has 1 heterocycles. The first-order chi connectivity index (χ1) is 6.43. The van der Waals surface area contributed by atoms with E-state index in [1.54, 1.807) is 0 Å². The van der Waals surface area contributed by atoms with Crippen LogP contribution in [-0.2, 0) is 0 Å². The van der Waals surface area contributed by atoms with Gasteiger partial charge in [0, 0.05) is 19.6 Å². The van der Waals surface area contributed by atoms with E-state index in [9.17, 15) is 0 Å². The third kappa shape index (κ3) is 4.72. The number of unbranched alkanes of at least 4 members (excludes halogenated alkanes) is 2. The normalized spacial score (nSPS) is 16.2. The van der Waals surface area contributed by atoms with Crippen molar-refractivity contribution in [3.8, 4) is 0 Å². The van der Waals surface area contributed by atoms with Gasteiger partial charge in [-0.2, -0.15) is 0 Å². The van der Waals surface area contributed by atoms with E-state index in [0.29, 0.717) is 0 Å². The third-order valence-corrected chi connectivity index (χ3v) is 2.07. The van der Waals surface area contributed by atoms with Crippen LogP contribution in [0.2, 0.25) is 0 Å². The Morgan fingerprint density at radius 2 is 2.31 bits per heavy atom. The van der Waals surface area contributed by atoms with Gasteiger partial charge in [0.05, 0.1) is 0 Å². The van der Waals surface area contributed by atoms with Gasteiger partial charge < -0.3 is 16.4 Å². The van der Waals surface area contributed by atoms with Crippen molar-refractivity contribution in [2.45, 2.75) is 25.7 Å². The highest BCUT2D eigenvalue weighted by molar-refractivity contribution is 5.80. The van der Waals surface area contributed by atoms with Gasteiger partial charge in [0.1, 0.15) is 0 Å². The molecule has 0 saturated heterocycles. The van der Waals surface area contributed by atoms with Crippen molar-refractivity contribution in [1.82, 2.24) is 10.6 Å². The summed E-state index contributed by atoms with van der Waals surface area (Å²) >= 11 is 0. The molecule has 1 aliphatic heterocycles. The van der Waals surface area contributed by atoms with Crippen LogP contribution in [0, 0.1) is 0 Å². The Kier molecular flexibility index (Phi) is 5.33. The van der Waals surface area contributed by atoms with Gasteiger partial charge in [-0.3, -0.25) is 4.99 Å². The van der Waals surface area contributed by atoms with E-state index in [1.807, 2.05) is 0 Å². The lowest BCUT2D eigenvalue weighted by Gasteiger charge is -2.15. The second kappa shape index (κ2) is 6.71. The van der Waals surface area contributed by atoms with E-state index < -0.39 is 0 Å². The van der Waals surface area contributed by atoms with Crippen molar-refractivity contribution in [2.24, 2.45) is 10.7 Å². The first-order valence-corrected chi connectivity index (χ1v) is 5.16. The van der Waals surface area contributed by atoms with Gasteiger partial charge in [0.25, 0.3) is 0 Å². The Bertz CT molecular complexity index is 156. The van der Waals surface area contributed by atoms with Gasteiger partial charge in [0.2, 0.25) is 0 Å². The number of guanidine groups is 1. The maximum atomic E-state index is 5.40. The molecule has 13 heavy (non-hydrogen) atoms. The summed E-state index contributed by atoms with van der Waals surface area (Å²) in [4.78, 5) is 4.32. The summed E-state index contributed by atoms with van der Waals surface area (Å²) in [7, 11) is 0. The molecule has 1 aliphatic rings. The Balaban J connectivity index is 1.95. The maximum absolute atomic E-state index is 5.40. The van der Waals surface area contributed by atoms with Crippen LogP contribution in [0.1, 0.15) is 25.7 Å². The largest absolute Gasteiger partial charge is 0.356 e. The summed E-state index contributed by atoms with van der Waals surface area (Å²) < 4.78 is 0. The highest BCUT2D eigenvalue weighted by atomic mass is 15.2. The van der Waals surface area contributed by atoms with Crippen molar-refractivity contribution in [2.75, 3.05) is 26.2 Å². The Labute approximate surface area is 80.0 Å². The first kappa shape index (κ1) is 10.3. The number of aliphatic imine (C=N–C) groups is 1. The molecular weight excluding hydrogens is 164 g/mol. The number of nitrogens with two attached hydrogens (primary N) is 1. The van der Waals surface area contributed by atoms with E-state index >= 15 is 0 Å². The molecule has 0 fully saturated rings. The van der Waals surface area contributed by atoms with Crippen LogP contribution in [-0.4, -0.2) is 32.1 Å². The van der Waals surface area contributed by atoms with E-state index in [-0.39, 0.29) is 0 Å². The van der Waals surface area contributed by atoms with Crippen LogP contribution in [0.3, 0.4) is 0 Å². The fourth-order valence-corrected chi connectivity index (χ4v) is 1.30. The number of hydrogen-bond donors (Lipinski definition) is 3. The summed E-state index contributed by atoms with van der Waals surface area (Å²) in [6, 6.07) is 0. The topological polar surface area (TPSA) is 62.4 Å². The Morgan fingerprint density at radius 1 is 1.38 bits per heavy atom. The molecule has 0 unspecified atom stereocenters. The molecule has 0 aliphatic carbocycles. The standard InChI is InChI=1S/C9H20N4/c10-5-2-1-3-6-11-9-12-7-4-8-13-9/h1-8,10H2,(H2,11,12,13). The zero-order chi connectivity index (χ0) is 9.36. The minimum atomic E-state index is 0.805. The number of rotatable bonds is 5. The number of nitrogens with zero attached hydrogens (tertiary/aromatic N) is 1. The second-order valence-electron chi connectivity index (χ2n) is 3.29. The highest BCUT2D eigenvalue weighted by Crippen LogP contribution is 1.92. The molecule has 0 spiro atoms. The molecule has 1 rings (SSSR count). The fraction of sp³-hybridized carbons (Fsp3) is 0.889. The van der Waals surface area contributed by atoms with Crippen LogP contribution in [0.25, 0.3) is 0 Å². The lowest BCUT2D eigenvalue weighted by molar-refractivity contribution is 0.647. The molecule has 76 valence electrons. The van der Waals surface area contributed by atoms with Gasteiger partial charge in [-0.25, -0.2) is 0 Å². The quantitative estimate of drug-likeness (QED) is 0.529. The van der Waals surface area contributed by atoms with Gasteiger partial charge >= 0.3 is 0 Å². The highest BCUT2D eigenvalue weighted by Gasteiger charge is 2.01. The van der Waals surface area contributed by atoms with E-state index in [0.717, 1.165) is 45.0 Å². The fourth-order valence-electron chi connectivity index (χ4n) is 1.30.